The number of hydrogen-bond acceptors (Lipinski definition) is 2. The fraction of sp³-hybridized carbons (Fsp3) is 0.611. The molecule has 0 radical (unpaired) electrons. The van der Waals surface area contributed by atoms with E-state index in [-0.39, 0.29) is 5.82 Å². The molecule has 0 atom stereocenters. The molecule has 0 amide bonds. The van der Waals surface area contributed by atoms with Gasteiger partial charge in [0.25, 0.3) is 0 Å². The van der Waals surface area contributed by atoms with Crippen LogP contribution < -0.4 is 5.32 Å². The second-order valence-corrected chi connectivity index (χ2v) is 6.02. The monoisotopic (exact) mass is 321 g/mol. The van der Waals surface area contributed by atoms with Gasteiger partial charge < -0.3 is 15.0 Å². The van der Waals surface area contributed by atoms with Gasteiger partial charge in [0.2, 0.25) is 0 Å². The van der Waals surface area contributed by atoms with Gasteiger partial charge in [0.05, 0.1) is 6.61 Å². The third-order valence-corrected chi connectivity index (χ3v) is 3.92. The molecule has 0 unspecified atom stereocenters. The van der Waals surface area contributed by atoms with Crippen molar-refractivity contribution in [1.82, 2.24) is 10.2 Å². The molecule has 128 valence electrons. The van der Waals surface area contributed by atoms with Crippen molar-refractivity contribution in [3.63, 3.8) is 0 Å². The summed E-state index contributed by atoms with van der Waals surface area (Å²) in [6.45, 7) is 5.82. The lowest BCUT2D eigenvalue weighted by atomic mass is 10.1. The quantitative estimate of drug-likeness (QED) is 0.432. The Morgan fingerprint density at radius 3 is 2.87 bits per heavy atom. The number of rotatable bonds is 9. The van der Waals surface area contributed by atoms with Crippen LogP contribution in [0.3, 0.4) is 0 Å². The predicted molar refractivity (Wildman–Crippen MR) is 92.3 cm³/mol. The maximum absolute atomic E-state index is 13.6. The standard InChI is InChI=1S/C18H28FN3O/c1-3-20-18(22(2)12-13-23-14-15-8-9-15)21-11-10-16-6-4-5-7-17(16)19/h4-7,15H,3,8-14H2,1-2H3,(H,20,21). The van der Waals surface area contributed by atoms with Gasteiger partial charge in [0, 0.05) is 33.3 Å². The number of nitrogens with one attached hydrogen (secondary N) is 1. The van der Waals surface area contributed by atoms with Crippen LogP contribution in [0.25, 0.3) is 0 Å². The minimum Gasteiger partial charge on any atom is -0.379 e. The normalized spacial score (nSPS) is 14.8. The van der Waals surface area contributed by atoms with Crippen LogP contribution in [-0.2, 0) is 11.2 Å². The van der Waals surface area contributed by atoms with E-state index in [9.17, 15) is 4.39 Å². The van der Waals surface area contributed by atoms with Gasteiger partial charge in [0.1, 0.15) is 5.82 Å². The van der Waals surface area contributed by atoms with E-state index in [1.807, 2.05) is 26.1 Å². The summed E-state index contributed by atoms with van der Waals surface area (Å²) in [6, 6.07) is 6.87. The second-order valence-electron chi connectivity index (χ2n) is 6.02. The fourth-order valence-corrected chi connectivity index (χ4v) is 2.29. The SMILES string of the molecule is CCNC(=NCCc1ccccc1F)N(C)CCOCC1CC1. The van der Waals surface area contributed by atoms with E-state index in [2.05, 4.69) is 15.2 Å². The van der Waals surface area contributed by atoms with Crippen LogP contribution in [0, 0.1) is 11.7 Å². The highest BCUT2D eigenvalue weighted by atomic mass is 19.1. The van der Waals surface area contributed by atoms with E-state index in [4.69, 9.17) is 4.74 Å². The molecule has 1 fully saturated rings. The first-order chi connectivity index (χ1) is 11.2. The van der Waals surface area contributed by atoms with Crippen molar-refractivity contribution in [2.45, 2.75) is 26.2 Å². The first-order valence-electron chi connectivity index (χ1n) is 8.51. The van der Waals surface area contributed by atoms with Gasteiger partial charge in [-0.3, -0.25) is 4.99 Å². The van der Waals surface area contributed by atoms with E-state index in [0.717, 1.165) is 31.6 Å². The number of benzene rings is 1. The van der Waals surface area contributed by atoms with Gasteiger partial charge in [-0.05, 0) is 43.7 Å². The summed E-state index contributed by atoms with van der Waals surface area (Å²) in [5.41, 5.74) is 0.711. The number of hydrogen-bond donors (Lipinski definition) is 1. The molecule has 0 bridgehead atoms. The van der Waals surface area contributed by atoms with Gasteiger partial charge in [-0.25, -0.2) is 4.39 Å². The first kappa shape index (κ1) is 17.7. The topological polar surface area (TPSA) is 36.9 Å². The van der Waals surface area contributed by atoms with Crippen molar-refractivity contribution in [2.75, 3.05) is 39.9 Å². The van der Waals surface area contributed by atoms with E-state index in [1.165, 1.54) is 18.9 Å². The lowest BCUT2D eigenvalue weighted by molar-refractivity contribution is 0.115. The number of halogens is 1. The molecule has 0 aromatic heterocycles. The highest BCUT2D eigenvalue weighted by Gasteiger charge is 2.21. The summed E-state index contributed by atoms with van der Waals surface area (Å²) < 4.78 is 19.3. The Morgan fingerprint density at radius 2 is 2.17 bits per heavy atom. The lowest BCUT2D eigenvalue weighted by Gasteiger charge is -2.22. The number of likely N-dealkylation sites (N-methyl/N-ethyl adjacent to an activating group) is 1. The van der Waals surface area contributed by atoms with Crippen LogP contribution in [0.1, 0.15) is 25.3 Å². The van der Waals surface area contributed by atoms with E-state index in [1.54, 1.807) is 6.07 Å². The third-order valence-electron chi connectivity index (χ3n) is 3.92. The molecule has 0 saturated heterocycles. The van der Waals surface area contributed by atoms with E-state index < -0.39 is 0 Å². The summed E-state index contributed by atoms with van der Waals surface area (Å²) in [5.74, 6) is 1.48. The van der Waals surface area contributed by atoms with E-state index in [0.29, 0.717) is 25.1 Å². The van der Waals surface area contributed by atoms with Crippen LogP contribution in [0.5, 0.6) is 0 Å². The van der Waals surface area contributed by atoms with Crippen molar-refractivity contribution in [1.29, 1.82) is 0 Å². The van der Waals surface area contributed by atoms with Gasteiger partial charge in [-0.15, -0.1) is 0 Å². The molecule has 2 rings (SSSR count). The molecule has 0 aliphatic heterocycles. The number of guanidine groups is 1. The summed E-state index contributed by atoms with van der Waals surface area (Å²) in [5, 5.41) is 3.27. The summed E-state index contributed by atoms with van der Waals surface area (Å²) in [6.07, 6.45) is 3.24. The highest BCUT2D eigenvalue weighted by molar-refractivity contribution is 5.79. The average Bonchev–Trinajstić information content (AvgIpc) is 3.36. The summed E-state index contributed by atoms with van der Waals surface area (Å²) in [7, 11) is 2.01. The molecule has 1 N–H and O–H groups in total. The predicted octanol–water partition coefficient (Wildman–Crippen LogP) is 2.69. The zero-order valence-corrected chi connectivity index (χ0v) is 14.2. The van der Waals surface area contributed by atoms with Crippen molar-refractivity contribution >= 4 is 5.96 Å². The molecule has 5 heteroatoms. The van der Waals surface area contributed by atoms with Crippen molar-refractivity contribution < 1.29 is 9.13 Å². The number of aliphatic imine (C=N–C) groups is 1. The molecule has 1 aromatic rings. The van der Waals surface area contributed by atoms with Crippen LogP contribution in [0.4, 0.5) is 4.39 Å². The molecule has 1 saturated carbocycles. The van der Waals surface area contributed by atoms with Crippen molar-refractivity contribution in [3.8, 4) is 0 Å². The molecular formula is C18H28FN3O. The third kappa shape index (κ3) is 6.57. The Hall–Kier alpha value is -1.62. The van der Waals surface area contributed by atoms with E-state index >= 15 is 0 Å². The Kier molecular flexibility index (Phi) is 7.33. The Bertz CT molecular complexity index is 503. The minimum atomic E-state index is -0.158. The van der Waals surface area contributed by atoms with Gasteiger partial charge >= 0.3 is 0 Å². The molecule has 0 spiro atoms. The van der Waals surface area contributed by atoms with Crippen LogP contribution in [-0.4, -0.2) is 50.8 Å². The Morgan fingerprint density at radius 1 is 1.39 bits per heavy atom. The van der Waals surface area contributed by atoms with Crippen molar-refractivity contribution in [3.05, 3.63) is 35.6 Å². The number of ether oxygens (including phenoxy) is 1. The van der Waals surface area contributed by atoms with Gasteiger partial charge in [-0.1, -0.05) is 18.2 Å². The Labute approximate surface area is 138 Å². The highest BCUT2D eigenvalue weighted by Crippen LogP contribution is 2.28. The fourth-order valence-electron chi connectivity index (χ4n) is 2.29. The van der Waals surface area contributed by atoms with Gasteiger partial charge in [0.15, 0.2) is 5.96 Å². The second kappa shape index (κ2) is 9.50. The maximum atomic E-state index is 13.6. The first-order valence-corrected chi connectivity index (χ1v) is 8.51. The zero-order valence-electron chi connectivity index (χ0n) is 14.2. The van der Waals surface area contributed by atoms with Crippen LogP contribution in [0.2, 0.25) is 0 Å². The number of nitrogens with zero attached hydrogens (tertiary/aromatic N) is 2. The molecule has 4 nitrogen and oxygen atoms in total. The lowest BCUT2D eigenvalue weighted by Crippen LogP contribution is -2.40. The van der Waals surface area contributed by atoms with Crippen LogP contribution in [0.15, 0.2) is 29.3 Å². The van der Waals surface area contributed by atoms with Crippen molar-refractivity contribution in [2.24, 2.45) is 10.9 Å². The molecule has 0 heterocycles. The molecule has 1 aliphatic carbocycles. The molecular weight excluding hydrogens is 293 g/mol. The van der Waals surface area contributed by atoms with Crippen LogP contribution >= 0.6 is 0 Å². The minimum absolute atomic E-state index is 0.158. The molecule has 1 aliphatic rings. The van der Waals surface area contributed by atoms with Gasteiger partial charge in [-0.2, -0.15) is 0 Å². The smallest absolute Gasteiger partial charge is 0.193 e. The largest absolute Gasteiger partial charge is 0.379 e. The molecule has 23 heavy (non-hydrogen) atoms. The average molecular weight is 321 g/mol. The Balaban J connectivity index is 1.76. The zero-order chi connectivity index (χ0) is 16.5. The maximum Gasteiger partial charge on any atom is 0.193 e. The summed E-state index contributed by atoms with van der Waals surface area (Å²) >= 11 is 0. The summed E-state index contributed by atoms with van der Waals surface area (Å²) in [4.78, 5) is 6.65. The molecule has 1 aromatic carbocycles.